The fourth-order valence-electron chi connectivity index (χ4n) is 1.09. The summed E-state index contributed by atoms with van der Waals surface area (Å²) in [4.78, 5) is 10.5. The van der Waals surface area contributed by atoms with Crippen LogP contribution in [0.5, 0.6) is 0 Å². The van der Waals surface area contributed by atoms with Crippen LogP contribution in [0.2, 0.25) is 0 Å². The topological polar surface area (TPSA) is 55.1 Å². The van der Waals surface area contributed by atoms with Crippen LogP contribution in [-0.4, -0.2) is 12.5 Å². The fraction of sp³-hybridized carbons (Fsp3) is 0.182. The average molecular weight is 226 g/mol. The molecule has 0 bridgehead atoms. The number of hydrogen-bond donors (Lipinski definition) is 2. The average Bonchev–Trinajstić information content (AvgIpc) is 2.19. The second kappa shape index (κ2) is 5.25. The summed E-state index contributed by atoms with van der Waals surface area (Å²) in [6, 6.07) is 1.93. The Kier molecular flexibility index (Phi) is 3.99. The Labute approximate surface area is 91.9 Å². The molecule has 0 aromatic heterocycles. The van der Waals surface area contributed by atoms with E-state index in [0.29, 0.717) is 0 Å². The Morgan fingerprint density at radius 1 is 1.44 bits per heavy atom. The highest BCUT2D eigenvalue weighted by molar-refractivity contribution is 5.73. The lowest BCUT2D eigenvalue weighted by Crippen LogP contribution is -2.19. The zero-order valence-corrected chi connectivity index (χ0v) is 8.76. The van der Waals surface area contributed by atoms with E-state index in [1.165, 1.54) is 19.1 Å². The number of carbonyl (C=O) groups is 1. The Morgan fingerprint density at radius 2 is 2.12 bits per heavy atom. The first-order chi connectivity index (χ1) is 7.50. The molecule has 0 fully saturated rings. The number of nitrogens with two attached hydrogens (primary N) is 1. The quantitative estimate of drug-likeness (QED) is 0.771. The van der Waals surface area contributed by atoms with E-state index >= 15 is 0 Å². The number of benzene rings is 1. The minimum Gasteiger partial charge on any atom is -0.396 e. The van der Waals surface area contributed by atoms with Gasteiger partial charge in [0.2, 0.25) is 5.91 Å². The molecular formula is C11H12F2N2O. The molecule has 0 aliphatic rings. The largest absolute Gasteiger partial charge is 0.396 e. The van der Waals surface area contributed by atoms with Crippen molar-refractivity contribution in [1.29, 1.82) is 0 Å². The predicted molar refractivity (Wildman–Crippen MR) is 58.5 cm³/mol. The maximum atomic E-state index is 13.2. The van der Waals surface area contributed by atoms with Gasteiger partial charge in [-0.15, -0.1) is 0 Å². The Balaban J connectivity index is 2.73. The molecule has 1 aromatic carbocycles. The smallest absolute Gasteiger partial charge is 0.217 e. The molecule has 0 saturated carbocycles. The van der Waals surface area contributed by atoms with Crippen molar-refractivity contribution in [2.45, 2.75) is 6.92 Å². The van der Waals surface area contributed by atoms with Gasteiger partial charge in [-0.2, -0.15) is 0 Å². The van der Waals surface area contributed by atoms with Crippen molar-refractivity contribution >= 4 is 17.7 Å². The number of anilines is 1. The molecule has 1 amide bonds. The molecule has 0 saturated heterocycles. The van der Waals surface area contributed by atoms with Crippen molar-refractivity contribution in [2.75, 3.05) is 12.3 Å². The third kappa shape index (κ3) is 3.34. The Hall–Kier alpha value is -1.91. The summed E-state index contributed by atoms with van der Waals surface area (Å²) in [5.41, 5.74) is 5.06. The highest BCUT2D eigenvalue weighted by Gasteiger charge is 2.04. The van der Waals surface area contributed by atoms with Crippen LogP contribution in [0.1, 0.15) is 12.5 Å². The van der Waals surface area contributed by atoms with E-state index in [0.717, 1.165) is 12.1 Å². The van der Waals surface area contributed by atoms with E-state index in [9.17, 15) is 13.6 Å². The minimum atomic E-state index is -0.666. The molecule has 0 aliphatic heterocycles. The summed E-state index contributed by atoms with van der Waals surface area (Å²) in [5, 5.41) is 2.49. The predicted octanol–water partition coefficient (Wildman–Crippen LogP) is 1.70. The molecule has 5 heteroatoms. The first-order valence-corrected chi connectivity index (χ1v) is 4.66. The van der Waals surface area contributed by atoms with Crippen molar-refractivity contribution < 1.29 is 13.6 Å². The first kappa shape index (κ1) is 12.2. The summed E-state index contributed by atoms with van der Waals surface area (Å²) in [6.45, 7) is 1.64. The van der Waals surface area contributed by atoms with Crippen LogP contribution in [0.15, 0.2) is 18.2 Å². The number of nitrogens with one attached hydrogen (secondary N) is 1. The molecule has 0 radical (unpaired) electrons. The van der Waals surface area contributed by atoms with Crippen molar-refractivity contribution in [3.8, 4) is 0 Å². The summed E-state index contributed by atoms with van der Waals surface area (Å²) < 4.78 is 26.2. The normalized spacial score (nSPS) is 10.7. The standard InChI is InChI=1S/C11H12F2N2O/c1-7(16)15-4-2-3-8-5-10(13)11(14)6-9(8)12/h2-3,5-6H,4,14H2,1H3,(H,15,16). The Morgan fingerprint density at radius 3 is 2.75 bits per heavy atom. The number of nitrogen functional groups attached to an aromatic ring is 1. The molecule has 0 heterocycles. The van der Waals surface area contributed by atoms with Crippen molar-refractivity contribution in [3.05, 3.63) is 35.4 Å². The molecule has 3 nitrogen and oxygen atoms in total. The van der Waals surface area contributed by atoms with Crippen LogP contribution >= 0.6 is 0 Å². The van der Waals surface area contributed by atoms with Gasteiger partial charge in [-0.3, -0.25) is 4.79 Å². The molecule has 86 valence electrons. The second-order valence-electron chi connectivity index (χ2n) is 3.23. The second-order valence-corrected chi connectivity index (χ2v) is 3.23. The third-order valence-corrected chi connectivity index (χ3v) is 1.88. The van der Waals surface area contributed by atoms with Gasteiger partial charge in [0.15, 0.2) is 0 Å². The summed E-state index contributed by atoms with van der Waals surface area (Å²) in [5.74, 6) is -1.45. The number of halogens is 2. The summed E-state index contributed by atoms with van der Waals surface area (Å²) in [6.07, 6.45) is 2.91. The number of carbonyl (C=O) groups excluding carboxylic acids is 1. The lowest BCUT2D eigenvalue weighted by atomic mass is 10.1. The molecule has 16 heavy (non-hydrogen) atoms. The van der Waals surface area contributed by atoms with E-state index in [-0.39, 0.29) is 23.7 Å². The summed E-state index contributed by atoms with van der Waals surface area (Å²) in [7, 11) is 0. The van der Waals surface area contributed by atoms with Gasteiger partial charge in [0.1, 0.15) is 11.6 Å². The highest BCUT2D eigenvalue weighted by atomic mass is 19.1. The monoisotopic (exact) mass is 226 g/mol. The molecular weight excluding hydrogens is 214 g/mol. The van der Waals surface area contributed by atoms with Crippen LogP contribution < -0.4 is 11.1 Å². The molecule has 3 N–H and O–H groups in total. The van der Waals surface area contributed by atoms with Crippen LogP contribution in [0.25, 0.3) is 6.08 Å². The minimum absolute atomic E-state index is 0.0945. The summed E-state index contributed by atoms with van der Waals surface area (Å²) >= 11 is 0. The van der Waals surface area contributed by atoms with E-state index < -0.39 is 11.6 Å². The molecule has 1 rings (SSSR count). The van der Waals surface area contributed by atoms with Gasteiger partial charge >= 0.3 is 0 Å². The number of amides is 1. The highest BCUT2D eigenvalue weighted by Crippen LogP contribution is 2.17. The van der Waals surface area contributed by atoms with Crippen LogP contribution in [-0.2, 0) is 4.79 Å². The lowest BCUT2D eigenvalue weighted by molar-refractivity contribution is -0.118. The number of rotatable bonds is 3. The van der Waals surface area contributed by atoms with Gasteiger partial charge < -0.3 is 11.1 Å². The van der Waals surface area contributed by atoms with Gasteiger partial charge in [0.05, 0.1) is 5.69 Å². The van der Waals surface area contributed by atoms with Gasteiger partial charge in [-0.1, -0.05) is 12.2 Å². The first-order valence-electron chi connectivity index (χ1n) is 4.66. The third-order valence-electron chi connectivity index (χ3n) is 1.88. The lowest BCUT2D eigenvalue weighted by Gasteiger charge is -2.01. The van der Waals surface area contributed by atoms with Crippen LogP contribution in [0, 0.1) is 11.6 Å². The SMILES string of the molecule is CC(=O)NCC=Cc1cc(F)c(N)cc1F. The molecule has 0 aliphatic carbocycles. The molecule has 0 spiro atoms. The van der Waals surface area contributed by atoms with Crippen molar-refractivity contribution in [3.63, 3.8) is 0 Å². The van der Waals surface area contributed by atoms with E-state index in [2.05, 4.69) is 5.32 Å². The maximum Gasteiger partial charge on any atom is 0.217 e. The van der Waals surface area contributed by atoms with Gasteiger partial charge in [-0.25, -0.2) is 8.78 Å². The van der Waals surface area contributed by atoms with Crippen LogP contribution in [0.4, 0.5) is 14.5 Å². The number of hydrogen-bond acceptors (Lipinski definition) is 2. The zero-order chi connectivity index (χ0) is 12.1. The van der Waals surface area contributed by atoms with E-state index in [1.54, 1.807) is 0 Å². The molecule has 0 atom stereocenters. The van der Waals surface area contributed by atoms with Gasteiger partial charge in [0, 0.05) is 25.1 Å². The van der Waals surface area contributed by atoms with E-state index in [1.807, 2.05) is 0 Å². The molecule has 0 unspecified atom stereocenters. The zero-order valence-electron chi connectivity index (χ0n) is 8.76. The van der Waals surface area contributed by atoms with Crippen LogP contribution in [0.3, 0.4) is 0 Å². The fourth-order valence-corrected chi connectivity index (χ4v) is 1.09. The van der Waals surface area contributed by atoms with Gasteiger partial charge in [0.25, 0.3) is 0 Å². The molecule has 1 aromatic rings. The van der Waals surface area contributed by atoms with Crippen molar-refractivity contribution in [2.24, 2.45) is 0 Å². The van der Waals surface area contributed by atoms with E-state index in [4.69, 9.17) is 5.73 Å². The Bertz CT molecular complexity index is 430. The maximum absolute atomic E-state index is 13.2. The van der Waals surface area contributed by atoms with Crippen molar-refractivity contribution in [1.82, 2.24) is 5.32 Å². The van der Waals surface area contributed by atoms with Gasteiger partial charge in [-0.05, 0) is 6.07 Å².